The van der Waals surface area contributed by atoms with Gasteiger partial charge >= 0.3 is 0 Å². The maximum atomic E-state index is 9.82. The monoisotopic (exact) mass is 203 g/mol. The lowest BCUT2D eigenvalue weighted by atomic mass is 9.97. The van der Waals surface area contributed by atoms with Gasteiger partial charge in [0.2, 0.25) is 0 Å². The standard InChI is InChI=1S/C11H13N3O/c1-8(15)11(2-3-11)9-6-13-10-7-12-4-5-14(9)10/h4-8,15H,2-3H2,1H3. The van der Waals surface area contributed by atoms with Crippen LogP contribution in [0.3, 0.4) is 0 Å². The third-order valence-electron chi connectivity index (χ3n) is 3.42. The minimum absolute atomic E-state index is 0.0687. The van der Waals surface area contributed by atoms with Gasteiger partial charge in [-0.2, -0.15) is 0 Å². The molecule has 1 saturated carbocycles. The molecular formula is C11H13N3O. The Hall–Kier alpha value is -1.42. The lowest BCUT2D eigenvalue weighted by Crippen LogP contribution is -2.24. The molecule has 0 radical (unpaired) electrons. The van der Waals surface area contributed by atoms with E-state index in [1.165, 1.54) is 0 Å². The molecule has 0 amide bonds. The van der Waals surface area contributed by atoms with Gasteiger partial charge in [0.1, 0.15) is 0 Å². The molecular weight excluding hydrogens is 190 g/mol. The van der Waals surface area contributed by atoms with Gasteiger partial charge in [0.25, 0.3) is 0 Å². The fourth-order valence-corrected chi connectivity index (χ4v) is 2.23. The van der Waals surface area contributed by atoms with Gasteiger partial charge in [-0.25, -0.2) is 4.98 Å². The van der Waals surface area contributed by atoms with Crippen molar-refractivity contribution in [3.05, 3.63) is 30.5 Å². The molecule has 4 heteroatoms. The molecule has 2 aromatic rings. The summed E-state index contributed by atoms with van der Waals surface area (Å²) in [5, 5.41) is 9.82. The van der Waals surface area contributed by atoms with Crippen molar-refractivity contribution in [3.8, 4) is 0 Å². The summed E-state index contributed by atoms with van der Waals surface area (Å²) >= 11 is 0. The zero-order valence-electron chi connectivity index (χ0n) is 8.59. The Morgan fingerprint density at radius 1 is 1.47 bits per heavy atom. The topological polar surface area (TPSA) is 50.4 Å². The molecule has 1 N–H and O–H groups in total. The first-order chi connectivity index (χ1) is 7.24. The van der Waals surface area contributed by atoms with Crippen LogP contribution < -0.4 is 0 Å². The summed E-state index contributed by atoms with van der Waals surface area (Å²) in [5.41, 5.74) is 1.88. The van der Waals surface area contributed by atoms with Gasteiger partial charge in [0, 0.05) is 24.0 Å². The lowest BCUT2D eigenvalue weighted by molar-refractivity contribution is 0.148. The quantitative estimate of drug-likeness (QED) is 0.796. The molecule has 0 bridgehead atoms. The summed E-state index contributed by atoms with van der Waals surface area (Å²) in [5.74, 6) is 0. The van der Waals surface area contributed by atoms with E-state index in [0.717, 1.165) is 24.2 Å². The van der Waals surface area contributed by atoms with Gasteiger partial charge in [0.15, 0.2) is 5.65 Å². The molecule has 2 heterocycles. The summed E-state index contributed by atoms with van der Waals surface area (Å²) < 4.78 is 2.02. The Balaban J connectivity index is 2.20. The van der Waals surface area contributed by atoms with Crippen LogP contribution in [0.4, 0.5) is 0 Å². The molecule has 3 rings (SSSR count). The summed E-state index contributed by atoms with van der Waals surface area (Å²) in [7, 11) is 0. The third-order valence-corrected chi connectivity index (χ3v) is 3.42. The Kier molecular flexibility index (Phi) is 1.65. The predicted octanol–water partition coefficient (Wildman–Crippen LogP) is 1.14. The fraction of sp³-hybridized carbons (Fsp3) is 0.455. The summed E-state index contributed by atoms with van der Waals surface area (Å²) in [4.78, 5) is 8.32. The van der Waals surface area contributed by atoms with Crippen LogP contribution in [0.1, 0.15) is 25.5 Å². The molecule has 78 valence electrons. The minimum Gasteiger partial charge on any atom is -0.392 e. The Labute approximate surface area is 87.6 Å². The van der Waals surface area contributed by atoms with Crippen molar-refractivity contribution in [2.45, 2.75) is 31.3 Å². The molecule has 0 spiro atoms. The highest BCUT2D eigenvalue weighted by Gasteiger charge is 2.50. The SMILES string of the molecule is CC(O)C1(c2cnc3cnccn23)CC1. The molecule has 0 aliphatic heterocycles. The van der Waals surface area contributed by atoms with Gasteiger partial charge in [0.05, 0.1) is 18.0 Å². The molecule has 15 heavy (non-hydrogen) atoms. The van der Waals surface area contributed by atoms with Crippen LogP contribution in [0.5, 0.6) is 0 Å². The molecule has 0 aromatic carbocycles. The second-order valence-electron chi connectivity index (χ2n) is 4.28. The maximum Gasteiger partial charge on any atom is 0.155 e. The van der Waals surface area contributed by atoms with E-state index < -0.39 is 0 Å². The summed E-state index contributed by atoms with van der Waals surface area (Å²) in [6.07, 6.45) is 9.02. The second-order valence-corrected chi connectivity index (χ2v) is 4.28. The number of imidazole rings is 1. The zero-order chi connectivity index (χ0) is 10.5. The van der Waals surface area contributed by atoms with Crippen molar-refractivity contribution in [1.29, 1.82) is 0 Å². The first-order valence-electron chi connectivity index (χ1n) is 5.20. The normalized spacial score (nSPS) is 20.4. The maximum absolute atomic E-state index is 9.82. The number of rotatable bonds is 2. The highest BCUT2D eigenvalue weighted by molar-refractivity contribution is 5.41. The van der Waals surface area contributed by atoms with E-state index in [-0.39, 0.29) is 11.5 Å². The molecule has 2 aromatic heterocycles. The molecule has 1 aliphatic carbocycles. The van der Waals surface area contributed by atoms with Gasteiger partial charge in [-0.05, 0) is 19.8 Å². The first-order valence-corrected chi connectivity index (χ1v) is 5.20. The largest absolute Gasteiger partial charge is 0.392 e. The fourth-order valence-electron chi connectivity index (χ4n) is 2.23. The van der Waals surface area contributed by atoms with Gasteiger partial charge in [-0.15, -0.1) is 0 Å². The van der Waals surface area contributed by atoms with Crippen molar-refractivity contribution in [3.63, 3.8) is 0 Å². The van der Waals surface area contributed by atoms with E-state index in [2.05, 4.69) is 9.97 Å². The Morgan fingerprint density at radius 2 is 2.27 bits per heavy atom. The number of aromatic nitrogens is 3. The number of hydrogen-bond acceptors (Lipinski definition) is 3. The van der Waals surface area contributed by atoms with Gasteiger partial charge in [-0.3, -0.25) is 4.98 Å². The number of aliphatic hydroxyl groups excluding tert-OH is 1. The van der Waals surface area contributed by atoms with Crippen molar-refractivity contribution in [2.24, 2.45) is 0 Å². The highest BCUT2D eigenvalue weighted by atomic mass is 16.3. The van der Waals surface area contributed by atoms with Crippen molar-refractivity contribution >= 4 is 5.65 Å². The third kappa shape index (κ3) is 1.11. The van der Waals surface area contributed by atoms with Crippen LogP contribution in [-0.4, -0.2) is 25.6 Å². The van der Waals surface area contributed by atoms with E-state index in [9.17, 15) is 5.11 Å². The van der Waals surface area contributed by atoms with Crippen molar-refractivity contribution in [1.82, 2.24) is 14.4 Å². The van der Waals surface area contributed by atoms with E-state index in [1.54, 1.807) is 12.4 Å². The van der Waals surface area contributed by atoms with Crippen LogP contribution in [0.25, 0.3) is 5.65 Å². The average Bonchev–Trinajstić information content (AvgIpc) is 2.93. The second kappa shape index (κ2) is 2.79. The first kappa shape index (κ1) is 8.85. The van der Waals surface area contributed by atoms with Gasteiger partial charge < -0.3 is 9.51 Å². The van der Waals surface area contributed by atoms with E-state index in [4.69, 9.17) is 0 Å². The van der Waals surface area contributed by atoms with E-state index in [0.29, 0.717) is 0 Å². The van der Waals surface area contributed by atoms with Crippen LogP contribution >= 0.6 is 0 Å². The Morgan fingerprint density at radius 3 is 2.93 bits per heavy atom. The number of fused-ring (bicyclic) bond motifs is 1. The number of hydrogen-bond donors (Lipinski definition) is 1. The molecule has 4 nitrogen and oxygen atoms in total. The molecule has 1 fully saturated rings. The highest BCUT2D eigenvalue weighted by Crippen LogP contribution is 2.50. The van der Waals surface area contributed by atoms with Crippen molar-refractivity contribution < 1.29 is 5.11 Å². The molecule has 1 unspecified atom stereocenters. The molecule has 0 saturated heterocycles. The Bertz CT molecular complexity index is 499. The molecule has 1 atom stereocenters. The van der Waals surface area contributed by atoms with Crippen molar-refractivity contribution in [2.75, 3.05) is 0 Å². The molecule has 1 aliphatic rings. The number of nitrogens with zero attached hydrogens (tertiary/aromatic N) is 3. The van der Waals surface area contributed by atoms with Crippen LogP contribution in [-0.2, 0) is 5.41 Å². The summed E-state index contributed by atoms with van der Waals surface area (Å²) in [6.45, 7) is 1.85. The van der Waals surface area contributed by atoms with E-state index >= 15 is 0 Å². The predicted molar refractivity (Wildman–Crippen MR) is 55.6 cm³/mol. The van der Waals surface area contributed by atoms with Gasteiger partial charge in [-0.1, -0.05) is 0 Å². The minimum atomic E-state index is -0.314. The average molecular weight is 203 g/mol. The lowest BCUT2D eigenvalue weighted by Gasteiger charge is -2.17. The van der Waals surface area contributed by atoms with Crippen LogP contribution in [0.15, 0.2) is 24.8 Å². The zero-order valence-corrected chi connectivity index (χ0v) is 8.59. The summed E-state index contributed by atoms with van der Waals surface area (Å²) in [6, 6.07) is 0. The van der Waals surface area contributed by atoms with Crippen LogP contribution in [0, 0.1) is 0 Å². The van der Waals surface area contributed by atoms with E-state index in [1.807, 2.05) is 23.7 Å². The number of aliphatic hydroxyl groups is 1. The van der Waals surface area contributed by atoms with Crippen LogP contribution in [0.2, 0.25) is 0 Å². The smallest absolute Gasteiger partial charge is 0.155 e.